The fraction of sp³-hybridized carbons (Fsp3) is 0.214. The molecule has 1 N–H and O–H groups in total. The number of hydrogen-bond acceptors (Lipinski definition) is 4. The number of anilines is 1. The minimum Gasteiger partial charge on any atom is -0.493 e. The van der Waals surface area contributed by atoms with Crippen LogP contribution in [0, 0.1) is 0 Å². The van der Waals surface area contributed by atoms with Crippen LogP contribution in [0.3, 0.4) is 0 Å². The zero-order valence-corrected chi connectivity index (χ0v) is 10.7. The maximum absolute atomic E-state index is 5.45. The average Bonchev–Trinajstić information content (AvgIpc) is 2.46. The third kappa shape index (κ3) is 2.09. The molecule has 0 bridgehead atoms. The first-order chi connectivity index (χ1) is 8.81. The van der Waals surface area contributed by atoms with Crippen molar-refractivity contribution in [1.29, 1.82) is 0 Å². The van der Waals surface area contributed by atoms with Crippen LogP contribution in [0.1, 0.15) is 0 Å². The summed E-state index contributed by atoms with van der Waals surface area (Å²) in [7, 11) is 5.14. The van der Waals surface area contributed by atoms with E-state index in [1.54, 1.807) is 26.6 Å². The summed E-state index contributed by atoms with van der Waals surface area (Å²) in [6, 6.07) is 7.76. The van der Waals surface area contributed by atoms with Crippen LogP contribution in [0.5, 0.6) is 11.5 Å². The van der Waals surface area contributed by atoms with Crippen LogP contribution in [0.4, 0.5) is 5.69 Å². The van der Waals surface area contributed by atoms with Crippen molar-refractivity contribution in [1.82, 2.24) is 4.98 Å². The lowest BCUT2D eigenvalue weighted by molar-refractivity contribution is 0.356. The summed E-state index contributed by atoms with van der Waals surface area (Å²) in [5.41, 5.74) is 2.95. The standard InChI is InChI=1S/C14H16N2O2/c1-15-12-9-16-8-7-10(12)11-5-4-6-13(17-2)14(11)18-3/h4-9,15H,1-3H3. The summed E-state index contributed by atoms with van der Waals surface area (Å²) >= 11 is 0. The van der Waals surface area contributed by atoms with Crippen LogP contribution in [-0.4, -0.2) is 26.3 Å². The quantitative estimate of drug-likeness (QED) is 0.898. The topological polar surface area (TPSA) is 43.4 Å². The van der Waals surface area contributed by atoms with Crippen molar-refractivity contribution in [2.24, 2.45) is 0 Å². The molecule has 18 heavy (non-hydrogen) atoms. The molecular weight excluding hydrogens is 228 g/mol. The first-order valence-corrected chi connectivity index (χ1v) is 5.65. The molecule has 0 fully saturated rings. The van der Waals surface area contributed by atoms with E-state index < -0.39 is 0 Å². The molecule has 0 radical (unpaired) electrons. The van der Waals surface area contributed by atoms with E-state index in [-0.39, 0.29) is 0 Å². The number of rotatable bonds is 4. The average molecular weight is 244 g/mol. The van der Waals surface area contributed by atoms with E-state index >= 15 is 0 Å². The van der Waals surface area contributed by atoms with E-state index in [9.17, 15) is 0 Å². The van der Waals surface area contributed by atoms with Gasteiger partial charge in [0.2, 0.25) is 0 Å². The fourth-order valence-corrected chi connectivity index (χ4v) is 1.93. The molecule has 1 heterocycles. The van der Waals surface area contributed by atoms with Crippen molar-refractivity contribution in [3.63, 3.8) is 0 Å². The van der Waals surface area contributed by atoms with Gasteiger partial charge in [-0.3, -0.25) is 4.98 Å². The van der Waals surface area contributed by atoms with E-state index in [2.05, 4.69) is 10.3 Å². The van der Waals surface area contributed by atoms with E-state index in [1.165, 1.54) is 0 Å². The fourth-order valence-electron chi connectivity index (χ4n) is 1.93. The Morgan fingerprint density at radius 3 is 2.56 bits per heavy atom. The van der Waals surface area contributed by atoms with Gasteiger partial charge in [-0.05, 0) is 12.1 Å². The van der Waals surface area contributed by atoms with Gasteiger partial charge in [0, 0.05) is 24.4 Å². The lowest BCUT2D eigenvalue weighted by atomic mass is 10.0. The number of nitrogens with one attached hydrogen (secondary N) is 1. The van der Waals surface area contributed by atoms with Gasteiger partial charge in [-0.25, -0.2) is 0 Å². The first-order valence-electron chi connectivity index (χ1n) is 5.65. The summed E-state index contributed by atoms with van der Waals surface area (Å²) in [5, 5.41) is 3.12. The molecule has 0 amide bonds. The molecule has 0 spiro atoms. The van der Waals surface area contributed by atoms with Gasteiger partial charge in [-0.15, -0.1) is 0 Å². The third-order valence-electron chi connectivity index (χ3n) is 2.78. The van der Waals surface area contributed by atoms with Crippen molar-refractivity contribution in [3.8, 4) is 22.6 Å². The summed E-state index contributed by atoms with van der Waals surface area (Å²) in [5.74, 6) is 1.44. The molecule has 94 valence electrons. The minimum absolute atomic E-state index is 0.717. The number of hydrogen-bond donors (Lipinski definition) is 1. The van der Waals surface area contributed by atoms with Crippen LogP contribution < -0.4 is 14.8 Å². The van der Waals surface area contributed by atoms with Gasteiger partial charge >= 0.3 is 0 Å². The molecule has 1 aromatic carbocycles. The van der Waals surface area contributed by atoms with Crippen molar-refractivity contribution in [3.05, 3.63) is 36.7 Å². The van der Waals surface area contributed by atoms with Crippen molar-refractivity contribution in [2.75, 3.05) is 26.6 Å². The molecule has 0 saturated carbocycles. The van der Waals surface area contributed by atoms with Gasteiger partial charge < -0.3 is 14.8 Å². The third-order valence-corrected chi connectivity index (χ3v) is 2.78. The van der Waals surface area contributed by atoms with Crippen LogP contribution >= 0.6 is 0 Å². The van der Waals surface area contributed by atoms with Gasteiger partial charge in [0.05, 0.1) is 26.1 Å². The molecule has 1 aromatic heterocycles. The maximum atomic E-state index is 5.45. The number of pyridine rings is 1. The Hall–Kier alpha value is -2.23. The van der Waals surface area contributed by atoms with Crippen LogP contribution in [0.25, 0.3) is 11.1 Å². The molecule has 0 atom stereocenters. The highest BCUT2D eigenvalue weighted by Crippen LogP contribution is 2.40. The molecular formula is C14H16N2O2. The minimum atomic E-state index is 0.717. The second kappa shape index (κ2) is 5.40. The summed E-state index contributed by atoms with van der Waals surface area (Å²) in [6.45, 7) is 0. The molecule has 0 aliphatic heterocycles. The number of benzene rings is 1. The Balaban J connectivity index is 2.63. The predicted molar refractivity (Wildman–Crippen MR) is 72.3 cm³/mol. The van der Waals surface area contributed by atoms with E-state index in [1.807, 2.05) is 31.3 Å². The van der Waals surface area contributed by atoms with Crippen molar-refractivity contribution < 1.29 is 9.47 Å². The zero-order chi connectivity index (χ0) is 13.0. The SMILES string of the molecule is CNc1cnccc1-c1cccc(OC)c1OC. The number of para-hydroxylation sites is 1. The van der Waals surface area contributed by atoms with Crippen molar-refractivity contribution in [2.45, 2.75) is 0 Å². The van der Waals surface area contributed by atoms with Crippen molar-refractivity contribution >= 4 is 5.69 Å². The van der Waals surface area contributed by atoms with E-state index in [0.29, 0.717) is 5.75 Å². The Morgan fingerprint density at radius 2 is 1.89 bits per heavy atom. The number of methoxy groups -OCH3 is 2. The second-order valence-electron chi connectivity index (χ2n) is 3.71. The molecule has 0 unspecified atom stereocenters. The lowest BCUT2D eigenvalue weighted by Gasteiger charge is -2.14. The summed E-state index contributed by atoms with van der Waals surface area (Å²) in [6.07, 6.45) is 3.54. The Labute approximate surface area is 107 Å². The van der Waals surface area contributed by atoms with Gasteiger partial charge in [0.25, 0.3) is 0 Å². The van der Waals surface area contributed by atoms with Gasteiger partial charge in [-0.1, -0.05) is 12.1 Å². The van der Waals surface area contributed by atoms with Crippen LogP contribution in [0.2, 0.25) is 0 Å². The zero-order valence-electron chi connectivity index (χ0n) is 10.7. The monoisotopic (exact) mass is 244 g/mol. The van der Waals surface area contributed by atoms with Gasteiger partial charge in [-0.2, -0.15) is 0 Å². The Morgan fingerprint density at radius 1 is 1.06 bits per heavy atom. The summed E-state index contributed by atoms with van der Waals surface area (Å²) < 4.78 is 10.8. The Kier molecular flexibility index (Phi) is 3.67. The maximum Gasteiger partial charge on any atom is 0.168 e. The molecule has 0 aliphatic rings. The summed E-state index contributed by atoms with van der Waals surface area (Å²) in [4.78, 5) is 4.11. The second-order valence-corrected chi connectivity index (χ2v) is 3.71. The highest BCUT2D eigenvalue weighted by Gasteiger charge is 2.13. The molecule has 0 saturated heterocycles. The number of nitrogens with zero attached hydrogens (tertiary/aromatic N) is 1. The molecule has 4 heteroatoms. The molecule has 2 rings (SSSR count). The largest absolute Gasteiger partial charge is 0.493 e. The van der Waals surface area contributed by atoms with Crippen LogP contribution in [-0.2, 0) is 0 Å². The van der Waals surface area contributed by atoms with Gasteiger partial charge in [0.15, 0.2) is 11.5 Å². The highest BCUT2D eigenvalue weighted by molar-refractivity contribution is 5.82. The van der Waals surface area contributed by atoms with Crippen LogP contribution in [0.15, 0.2) is 36.7 Å². The predicted octanol–water partition coefficient (Wildman–Crippen LogP) is 2.81. The lowest BCUT2D eigenvalue weighted by Crippen LogP contribution is -1.96. The first kappa shape index (κ1) is 12.2. The number of ether oxygens (including phenoxy) is 2. The van der Waals surface area contributed by atoms with Gasteiger partial charge in [0.1, 0.15) is 0 Å². The number of aromatic nitrogens is 1. The smallest absolute Gasteiger partial charge is 0.168 e. The Bertz CT molecular complexity index is 541. The van der Waals surface area contributed by atoms with E-state index in [0.717, 1.165) is 22.6 Å². The highest BCUT2D eigenvalue weighted by atomic mass is 16.5. The molecule has 4 nitrogen and oxygen atoms in total. The molecule has 0 aliphatic carbocycles. The van der Waals surface area contributed by atoms with E-state index in [4.69, 9.17) is 9.47 Å². The molecule has 2 aromatic rings. The normalized spacial score (nSPS) is 9.94.